The van der Waals surface area contributed by atoms with E-state index in [1.807, 2.05) is 0 Å². The van der Waals surface area contributed by atoms with Crippen molar-refractivity contribution in [3.05, 3.63) is 57.6 Å². The Morgan fingerprint density at radius 2 is 0.800 bits per heavy atom. The Labute approximate surface area is 435 Å². The van der Waals surface area contributed by atoms with Gasteiger partial charge < -0.3 is 19.7 Å². The first-order chi connectivity index (χ1) is 31.8. The molecule has 0 spiro atoms. The molecule has 2 aromatic carbocycles. The van der Waals surface area contributed by atoms with Gasteiger partial charge in [-0.1, -0.05) is 215 Å². The van der Waals surface area contributed by atoms with Gasteiger partial charge in [-0.25, -0.2) is 0 Å². The molecule has 0 aliphatic carbocycles. The van der Waals surface area contributed by atoms with Crippen LogP contribution in [0.3, 0.4) is 0 Å². The van der Waals surface area contributed by atoms with Crippen LogP contribution in [-0.4, -0.2) is 46.4 Å². The molecule has 0 heterocycles. The Balaban J connectivity index is 2.38. The van der Waals surface area contributed by atoms with Gasteiger partial charge in [0.15, 0.2) is 0 Å². The molecule has 2 N–H and O–H groups in total. The predicted molar refractivity (Wildman–Crippen MR) is 302 cm³/mol. The fourth-order valence-electron chi connectivity index (χ4n) is 12.1. The number of thioether (sulfide) groups is 1. The lowest BCUT2D eigenvalue weighted by atomic mass is 9.67. The molecule has 2 aromatic rings. The first-order valence-corrected chi connectivity index (χ1v) is 28.6. The maximum Gasteiger partial charge on any atom is 0.306 e. The largest absolute Gasteiger partial charge is 0.507 e. The van der Waals surface area contributed by atoms with Crippen LogP contribution in [0.25, 0.3) is 0 Å². The highest BCUT2D eigenvalue weighted by atomic mass is 32.2. The van der Waals surface area contributed by atoms with Gasteiger partial charge in [-0.2, -0.15) is 11.8 Å². The highest BCUT2D eigenvalue weighted by Gasteiger charge is 2.38. The van der Waals surface area contributed by atoms with Crippen molar-refractivity contribution in [2.45, 2.75) is 276 Å². The van der Waals surface area contributed by atoms with Crippen LogP contribution >= 0.6 is 11.8 Å². The van der Waals surface area contributed by atoms with Gasteiger partial charge in [-0.05, 0) is 105 Å². The van der Waals surface area contributed by atoms with E-state index in [4.69, 9.17) is 9.47 Å². The first kappa shape index (κ1) is 63.4. The van der Waals surface area contributed by atoms with E-state index in [1.165, 1.54) is 44.9 Å². The molecule has 0 amide bonds. The van der Waals surface area contributed by atoms with Gasteiger partial charge in [-0.15, -0.1) is 0 Å². The fourth-order valence-corrected chi connectivity index (χ4v) is 13.1. The molecule has 0 aromatic heterocycles. The average Bonchev–Trinajstić information content (AvgIpc) is 3.15. The number of ether oxygens (including phenoxy) is 2. The monoisotopic (exact) mass is 993 g/mol. The minimum Gasteiger partial charge on any atom is -0.507 e. The Bertz CT molecular complexity index is 1840. The van der Waals surface area contributed by atoms with Crippen molar-refractivity contribution in [3.63, 3.8) is 0 Å². The highest BCUT2D eigenvalue weighted by molar-refractivity contribution is 7.99. The summed E-state index contributed by atoms with van der Waals surface area (Å²) in [6.45, 7) is 46.8. The summed E-state index contributed by atoms with van der Waals surface area (Å²) in [7, 11) is 0. The van der Waals surface area contributed by atoms with Gasteiger partial charge in [0.2, 0.25) is 0 Å². The van der Waals surface area contributed by atoms with E-state index in [0.717, 1.165) is 71.2 Å². The maximum atomic E-state index is 13.9. The van der Waals surface area contributed by atoms with Crippen molar-refractivity contribution in [1.82, 2.24) is 0 Å². The van der Waals surface area contributed by atoms with Gasteiger partial charge >= 0.3 is 11.9 Å². The zero-order chi connectivity index (χ0) is 53.7. The second-order valence-corrected chi connectivity index (χ2v) is 30.1. The van der Waals surface area contributed by atoms with Gasteiger partial charge in [0.05, 0.1) is 0 Å². The highest BCUT2D eigenvalue weighted by Crippen LogP contribution is 2.49. The van der Waals surface area contributed by atoms with Crippen LogP contribution in [0.4, 0.5) is 0 Å². The van der Waals surface area contributed by atoms with Crippen molar-refractivity contribution in [2.24, 2.45) is 21.7 Å². The van der Waals surface area contributed by atoms with Gasteiger partial charge in [-0.3, -0.25) is 9.59 Å². The number of carbonyl (C=O) groups excluding carboxylic acids is 2. The smallest absolute Gasteiger partial charge is 0.306 e. The molecule has 7 heteroatoms. The first-order valence-electron chi connectivity index (χ1n) is 27.4. The predicted octanol–water partition coefficient (Wildman–Crippen LogP) is 17.8. The van der Waals surface area contributed by atoms with Gasteiger partial charge in [0.1, 0.15) is 24.2 Å². The third kappa shape index (κ3) is 23.0. The van der Waals surface area contributed by atoms with Crippen LogP contribution < -0.4 is 0 Å². The lowest BCUT2D eigenvalue weighted by molar-refractivity contribution is -0.157. The Morgan fingerprint density at radius 3 is 1.13 bits per heavy atom. The van der Waals surface area contributed by atoms with Gasteiger partial charge in [0, 0.05) is 40.8 Å². The van der Waals surface area contributed by atoms with Crippen LogP contribution in [0.2, 0.25) is 0 Å². The Kier molecular flexibility index (Phi) is 23.6. The van der Waals surface area contributed by atoms with Crippen LogP contribution in [-0.2, 0) is 53.6 Å². The topological polar surface area (TPSA) is 93.1 Å². The van der Waals surface area contributed by atoms with Crippen molar-refractivity contribution in [1.29, 1.82) is 0 Å². The summed E-state index contributed by atoms with van der Waals surface area (Å²) in [5.41, 5.74) is 4.72. The Morgan fingerprint density at radius 1 is 0.486 bits per heavy atom. The maximum absolute atomic E-state index is 13.9. The minimum atomic E-state index is -0.568. The number of aromatic hydroxyl groups is 2. The molecule has 1 atom stereocenters. The molecule has 0 saturated carbocycles. The molecular weight excluding hydrogens is 885 g/mol. The minimum absolute atomic E-state index is 0.00774. The second-order valence-electron chi connectivity index (χ2n) is 28.9. The summed E-state index contributed by atoms with van der Waals surface area (Å²) in [6, 6.07) is 8.44. The summed E-state index contributed by atoms with van der Waals surface area (Å²) in [4.78, 5) is 27.5. The lowest BCUT2D eigenvalue weighted by Crippen LogP contribution is -2.29. The molecule has 0 aliphatic rings. The number of hydrogen-bond acceptors (Lipinski definition) is 7. The number of benzene rings is 2. The van der Waals surface area contributed by atoms with Crippen LogP contribution in [0.5, 0.6) is 11.5 Å². The van der Waals surface area contributed by atoms with Crippen LogP contribution in [0.15, 0.2) is 24.3 Å². The van der Waals surface area contributed by atoms with E-state index in [-0.39, 0.29) is 74.7 Å². The average molecular weight is 994 g/mol. The van der Waals surface area contributed by atoms with Crippen LogP contribution in [0.1, 0.15) is 269 Å². The number of phenols is 2. The summed E-state index contributed by atoms with van der Waals surface area (Å²) in [5, 5.41) is 24.0. The van der Waals surface area contributed by atoms with Crippen molar-refractivity contribution in [2.75, 3.05) is 18.1 Å². The fraction of sp³-hybridized carbons (Fsp3) is 0.778. The number of aryl methyl sites for hydroxylation is 2. The number of phenolic OH excluding ortho intramolecular Hbond substituents is 2. The van der Waals surface area contributed by atoms with Crippen LogP contribution in [0, 0.1) is 21.7 Å². The molecule has 0 saturated heterocycles. The molecule has 0 aliphatic heterocycles. The van der Waals surface area contributed by atoms with Crippen molar-refractivity contribution >= 4 is 23.7 Å². The van der Waals surface area contributed by atoms with Crippen molar-refractivity contribution in [3.8, 4) is 11.5 Å². The Hall–Kier alpha value is -2.67. The van der Waals surface area contributed by atoms with Gasteiger partial charge in [0.25, 0.3) is 0 Å². The number of rotatable bonds is 28. The van der Waals surface area contributed by atoms with E-state index < -0.39 is 6.10 Å². The zero-order valence-corrected chi connectivity index (χ0v) is 50.1. The summed E-state index contributed by atoms with van der Waals surface area (Å²) >= 11 is 1.77. The summed E-state index contributed by atoms with van der Waals surface area (Å²) in [5.74, 6) is 1.62. The lowest BCUT2D eigenvalue weighted by Gasteiger charge is -2.38. The van der Waals surface area contributed by atoms with E-state index in [2.05, 4.69) is 170 Å². The number of hydrogen-bond donors (Lipinski definition) is 2. The quantitative estimate of drug-likeness (QED) is 0.0648. The number of carbonyl (C=O) groups is 2. The molecule has 0 radical (unpaired) electrons. The third-order valence-electron chi connectivity index (χ3n) is 13.6. The molecular formula is C63H108O6S. The standard InChI is InChI=1S/C63H108O6S/c1-22-23-24-25-26-27-28-29-34-70-40-47(69-53(65)33-31-46-37-50(62(18,19)43-58(8,9)10)55(67)51(38-46)63(20,21)44-59(11,12)13)39-68-52(64)32-30-45-35-48(60(14,15)41-56(2,3)4)54(66)49(36-45)61(16,17)42-57(5,6)7/h35-38,47,66-67H,22-34,39-44H2,1-21H3. The molecule has 70 heavy (non-hydrogen) atoms. The zero-order valence-electron chi connectivity index (χ0n) is 49.3. The normalized spacial score (nSPS) is 14.0. The molecule has 2 rings (SSSR count). The van der Waals surface area contributed by atoms with E-state index in [9.17, 15) is 19.8 Å². The summed E-state index contributed by atoms with van der Waals surface area (Å²) in [6.07, 6.45) is 14.3. The van der Waals surface area contributed by atoms with E-state index in [1.54, 1.807) is 11.8 Å². The number of esters is 2. The molecule has 0 bridgehead atoms. The van der Waals surface area contributed by atoms with E-state index in [0.29, 0.717) is 30.1 Å². The number of unbranched alkanes of at least 4 members (excludes halogenated alkanes) is 7. The van der Waals surface area contributed by atoms with E-state index >= 15 is 0 Å². The third-order valence-corrected chi connectivity index (χ3v) is 14.7. The van der Waals surface area contributed by atoms with Crippen molar-refractivity contribution < 1.29 is 29.3 Å². The SMILES string of the molecule is CCCCCCCCCCSCC(COC(=O)CCc1cc(C(C)(C)CC(C)(C)C)c(O)c(C(C)(C)CC(C)(C)C)c1)OC(=O)CCc1cc(C(C)(C)CC(C)(C)C)c(O)c(C(C)(C)CC(C)(C)C)c1. The summed E-state index contributed by atoms with van der Waals surface area (Å²) < 4.78 is 12.2. The molecule has 402 valence electrons. The molecule has 6 nitrogen and oxygen atoms in total. The molecule has 0 fully saturated rings. The second kappa shape index (κ2) is 26.0. The molecule has 1 unspecified atom stereocenters.